The number of aromatic nitrogens is 1. The zero-order valence-corrected chi connectivity index (χ0v) is 15.6. The number of benzene rings is 1. The second-order valence-electron chi connectivity index (χ2n) is 5.99. The van der Waals surface area contributed by atoms with Crippen LogP contribution in [-0.4, -0.2) is 22.5 Å². The van der Waals surface area contributed by atoms with Crippen LogP contribution >= 0.6 is 11.3 Å². The van der Waals surface area contributed by atoms with Crippen LogP contribution in [-0.2, 0) is 16.2 Å². The van der Waals surface area contributed by atoms with Gasteiger partial charge in [-0.1, -0.05) is 24.6 Å². The van der Waals surface area contributed by atoms with Gasteiger partial charge in [-0.05, 0) is 36.1 Å². The van der Waals surface area contributed by atoms with Crippen molar-refractivity contribution in [1.82, 2.24) is 4.57 Å². The van der Waals surface area contributed by atoms with Crippen molar-refractivity contribution in [2.24, 2.45) is 5.16 Å². The molecule has 26 heavy (non-hydrogen) atoms. The van der Waals surface area contributed by atoms with Crippen molar-refractivity contribution in [3.63, 3.8) is 0 Å². The largest absolute Gasteiger partial charge is 0.347 e. The van der Waals surface area contributed by atoms with Crippen molar-refractivity contribution in [3.05, 3.63) is 57.9 Å². The minimum Gasteiger partial charge on any atom is -0.347 e. The van der Waals surface area contributed by atoms with Gasteiger partial charge in [0.1, 0.15) is 0 Å². The number of carbonyl (C=O) groups is 2. The molecule has 134 valence electrons. The van der Waals surface area contributed by atoms with Gasteiger partial charge in [-0.3, -0.25) is 4.79 Å². The zero-order valence-electron chi connectivity index (χ0n) is 14.8. The summed E-state index contributed by atoms with van der Waals surface area (Å²) in [6, 6.07) is 9.41. The molecule has 1 aromatic carbocycles. The van der Waals surface area contributed by atoms with E-state index in [-0.39, 0.29) is 5.78 Å². The third-order valence-electron chi connectivity index (χ3n) is 4.04. The van der Waals surface area contributed by atoms with Crippen LogP contribution in [0.3, 0.4) is 0 Å². The SMILES string of the molecule is CCCCn1cc(C=NOC(C)=O)c2cc(C(=O)c3cccs3)ccc21. The number of ketones is 1. The van der Waals surface area contributed by atoms with E-state index in [1.165, 1.54) is 24.5 Å². The summed E-state index contributed by atoms with van der Waals surface area (Å²) in [7, 11) is 0. The van der Waals surface area contributed by atoms with E-state index in [1.54, 1.807) is 0 Å². The van der Waals surface area contributed by atoms with Gasteiger partial charge in [0.05, 0.1) is 11.1 Å². The first-order valence-corrected chi connectivity index (χ1v) is 9.40. The number of fused-ring (bicyclic) bond motifs is 1. The molecule has 0 spiro atoms. The maximum atomic E-state index is 12.6. The molecule has 0 saturated heterocycles. The van der Waals surface area contributed by atoms with Crippen molar-refractivity contribution in [3.8, 4) is 0 Å². The van der Waals surface area contributed by atoms with E-state index in [4.69, 9.17) is 0 Å². The molecule has 0 N–H and O–H groups in total. The Bertz CT molecular complexity index is 955. The summed E-state index contributed by atoms with van der Waals surface area (Å²) in [6.07, 6.45) is 5.64. The number of thiophene rings is 1. The highest BCUT2D eigenvalue weighted by Gasteiger charge is 2.14. The fourth-order valence-electron chi connectivity index (χ4n) is 2.79. The molecule has 0 atom stereocenters. The molecular weight excluding hydrogens is 348 g/mol. The Morgan fingerprint density at radius 2 is 2.15 bits per heavy atom. The number of unbranched alkanes of at least 4 members (excludes halogenated alkanes) is 1. The molecule has 0 bridgehead atoms. The minimum atomic E-state index is -0.468. The lowest BCUT2D eigenvalue weighted by atomic mass is 10.1. The van der Waals surface area contributed by atoms with Crippen molar-refractivity contribution in [1.29, 1.82) is 0 Å². The van der Waals surface area contributed by atoms with Crippen LogP contribution in [0, 0.1) is 0 Å². The molecule has 0 aliphatic carbocycles. The molecule has 0 saturated carbocycles. The van der Waals surface area contributed by atoms with Gasteiger partial charge in [-0.25, -0.2) is 4.79 Å². The summed E-state index contributed by atoms with van der Waals surface area (Å²) in [4.78, 5) is 29.0. The molecule has 0 fully saturated rings. The number of hydrogen-bond acceptors (Lipinski definition) is 5. The lowest BCUT2D eigenvalue weighted by Gasteiger charge is -2.05. The summed E-state index contributed by atoms with van der Waals surface area (Å²) in [5, 5.41) is 6.55. The van der Waals surface area contributed by atoms with Gasteiger partial charge in [0.2, 0.25) is 5.78 Å². The third kappa shape index (κ3) is 3.91. The van der Waals surface area contributed by atoms with Gasteiger partial charge in [0.15, 0.2) is 0 Å². The van der Waals surface area contributed by atoms with Crippen LogP contribution in [0.1, 0.15) is 47.5 Å². The predicted octanol–water partition coefficient (Wildman–Crippen LogP) is 4.63. The van der Waals surface area contributed by atoms with Crippen molar-refractivity contribution in [2.75, 3.05) is 0 Å². The Morgan fingerprint density at radius 1 is 1.31 bits per heavy atom. The van der Waals surface area contributed by atoms with E-state index >= 15 is 0 Å². The Labute approximate surface area is 155 Å². The number of carbonyl (C=O) groups excluding carboxylic acids is 2. The first-order valence-electron chi connectivity index (χ1n) is 8.52. The van der Waals surface area contributed by atoms with Gasteiger partial charge < -0.3 is 9.40 Å². The molecule has 0 aliphatic heterocycles. The van der Waals surface area contributed by atoms with Gasteiger partial charge in [0, 0.05) is 41.7 Å². The Morgan fingerprint density at radius 3 is 2.85 bits per heavy atom. The Hall–Kier alpha value is -2.73. The van der Waals surface area contributed by atoms with Gasteiger partial charge in [0.25, 0.3) is 0 Å². The molecule has 3 rings (SSSR count). The second-order valence-corrected chi connectivity index (χ2v) is 6.93. The summed E-state index contributed by atoms with van der Waals surface area (Å²) < 4.78 is 2.15. The fraction of sp³-hybridized carbons (Fsp3) is 0.250. The molecule has 5 nitrogen and oxygen atoms in total. The van der Waals surface area contributed by atoms with Crippen LogP contribution in [0.25, 0.3) is 10.9 Å². The summed E-state index contributed by atoms with van der Waals surface area (Å²) in [5.41, 5.74) is 2.49. The highest BCUT2D eigenvalue weighted by molar-refractivity contribution is 7.12. The molecule has 3 aromatic rings. The average molecular weight is 368 g/mol. The molecule has 0 amide bonds. The van der Waals surface area contributed by atoms with Crippen LogP contribution < -0.4 is 0 Å². The Balaban J connectivity index is 2.02. The smallest absolute Gasteiger partial charge is 0.331 e. The zero-order chi connectivity index (χ0) is 18.5. The predicted molar refractivity (Wildman–Crippen MR) is 104 cm³/mol. The quantitative estimate of drug-likeness (QED) is 0.264. The number of rotatable bonds is 7. The van der Waals surface area contributed by atoms with E-state index in [1.807, 2.05) is 41.9 Å². The monoisotopic (exact) mass is 368 g/mol. The number of hydrogen-bond donors (Lipinski definition) is 0. The van der Waals surface area contributed by atoms with E-state index in [2.05, 4.69) is 21.5 Å². The summed E-state index contributed by atoms with van der Waals surface area (Å²) >= 11 is 1.43. The third-order valence-corrected chi connectivity index (χ3v) is 4.91. The van der Waals surface area contributed by atoms with Crippen molar-refractivity contribution < 1.29 is 14.4 Å². The van der Waals surface area contributed by atoms with Crippen LogP contribution in [0.15, 0.2) is 47.1 Å². The standard InChI is InChI=1S/C20H20N2O3S/c1-3-4-9-22-13-16(12-21-25-14(2)23)17-11-15(7-8-18(17)22)20(24)19-6-5-10-26-19/h5-8,10-13H,3-4,9H2,1-2H3. The number of oxime groups is 1. The average Bonchev–Trinajstić information content (AvgIpc) is 3.27. The molecule has 2 heterocycles. The number of aryl methyl sites for hydroxylation is 1. The van der Waals surface area contributed by atoms with Crippen LogP contribution in [0.4, 0.5) is 0 Å². The minimum absolute atomic E-state index is 0.00563. The Kier molecular flexibility index (Phi) is 5.63. The molecule has 6 heteroatoms. The van der Waals surface area contributed by atoms with Crippen LogP contribution in [0.2, 0.25) is 0 Å². The van der Waals surface area contributed by atoms with Crippen molar-refractivity contribution >= 4 is 40.2 Å². The van der Waals surface area contributed by atoms with Gasteiger partial charge in [-0.15, -0.1) is 11.3 Å². The molecule has 0 radical (unpaired) electrons. The van der Waals surface area contributed by atoms with E-state index in [0.29, 0.717) is 10.4 Å². The topological polar surface area (TPSA) is 60.7 Å². The highest BCUT2D eigenvalue weighted by Crippen LogP contribution is 2.25. The molecular formula is C20H20N2O3S. The van der Waals surface area contributed by atoms with E-state index < -0.39 is 5.97 Å². The van der Waals surface area contributed by atoms with Gasteiger partial charge >= 0.3 is 5.97 Å². The first kappa shape index (κ1) is 18.1. The van der Waals surface area contributed by atoms with Crippen LogP contribution in [0.5, 0.6) is 0 Å². The molecule has 2 aromatic heterocycles. The second kappa shape index (κ2) is 8.10. The normalized spacial score (nSPS) is 11.3. The van der Waals surface area contributed by atoms with Crippen molar-refractivity contribution in [2.45, 2.75) is 33.2 Å². The lowest BCUT2D eigenvalue weighted by molar-refractivity contribution is -0.140. The number of nitrogens with zero attached hydrogens (tertiary/aromatic N) is 2. The van der Waals surface area contributed by atoms with E-state index in [9.17, 15) is 9.59 Å². The lowest BCUT2D eigenvalue weighted by Crippen LogP contribution is -1.99. The van der Waals surface area contributed by atoms with Gasteiger partial charge in [-0.2, -0.15) is 0 Å². The summed E-state index contributed by atoms with van der Waals surface area (Å²) in [5.74, 6) is -0.462. The first-order chi connectivity index (χ1) is 12.6. The highest BCUT2D eigenvalue weighted by atomic mass is 32.1. The molecule has 0 unspecified atom stereocenters. The maximum absolute atomic E-state index is 12.6. The van der Waals surface area contributed by atoms with E-state index in [0.717, 1.165) is 35.9 Å². The molecule has 0 aliphatic rings. The summed E-state index contributed by atoms with van der Waals surface area (Å²) in [6.45, 7) is 4.33. The maximum Gasteiger partial charge on any atom is 0.331 e. The fourth-order valence-corrected chi connectivity index (χ4v) is 3.48.